The quantitative estimate of drug-likeness (QED) is 0.161. The molecule has 61 heavy (non-hydrogen) atoms. The Balaban J connectivity index is 1.02. The van der Waals surface area contributed by atoms with E-state index in [2.05, 4.69) is 228 Å². The summed E-state index contributed by atoms with van der Waals surface area (Å²) in [5.41, 5.74) is 15.4. The maximum Gasteiger partial charge on any atom is 0.136 e. The number of para-hydroxylation sites is 4. The van der Waals surface area contributed by atoms with Crippen molar-refractivity contribution in [3.63, 3.8) is 0 Å². The van der Waals surface area contributed by atoms with Gasteiger partial charge in [0, 0.05) is 44.2 Å². The molecule has 0 aliphatic carbocycles. The van der Waals surface area contributed by atoms with Crippen molar-refractivity contribution in [1.82, 2.24) is 4.57 Å². The molecular weight excluding hydrogens is 741 g/mol. The van der Waals surface area contributed by atoms with E-state index in [9.17, 15) is 0 Å². The first-order valence-electron chi connectivity index (χ1n) is 20.8. The minimum Gasteiger partial charge on any atom is -0.456 e. The van der Waals surface area contributed by atoms with Gasteiger partial charge in [0.05, 0.1) is 16.7 Å². The number of anilines is 3. The van der Waals surface area contributed by atoms with Crippen molar-refractivity contribution in [2.24, 2.45) is 0 Å². The molecule has 2 aromatic heterocycles. The molecule has 2 heterocycles. The fraction of sp³-hybridized carbons (Fsp3) is 0. The first-order valence-corrected chi connectivity index (χ1v) is 20.8. The van der Waals surface area contributed by atoms with Crippen LogP contribution in [0.15, 0.2) is 235 Å². The Hall–Kier alpha value is -8.14. The summed E-state index contributed by atoms with van der Waals surface area (Å²) in [6.45, 7) is 0. The summed E-state index contributed by atoms with van der Waals surface area (Å²) in [5, 5.41) is 7.24. The first-order chi connectivity index (χ1) is 30.2. The zero-order valence-corrected chi connectivity index (χ0v) is 33.2. The van der Waals surface area contributed by atoms with Crippen LogP contribution >= 0.6 is 0 Å². The van der Waals surface area contributed by atoms with Gasteiger partial charge in [-0.25, -0.2) is 0 Å². The molecule has 3 heteroatoms. The minimum atomic E-state index is 0.877. The second-order valence-electron chi connectivity index (χ2n) is 15.7. The number of fused-ring (bicyclic) bond motifs is 7. The number of hydrogen-bond acceptors (Lipinski definition) is 2. The Morgan fingerprint density at radius 1 is 0.328 bits per heavy atom. The lowest BCUT2D eigenvalue weighted by molar-refractivity contribution is 0.669. The minimum absolute atomic E-state index is 0.877. The lowest BCUT2D eigenvalue weighted by Crippen LogP contribution is -2.12. The van der Waals surface area contributed by atoms with Crippen LogP contribution in [-0.2, 0) is 0 Å². The Kier molecular flexibility index (Phi) is 8.17. The van der Waals surface area contributed by atoms with Crippen LogP contribution in [0.3, 0.4) is 0 Å². The van der Waals surface area contributed by atoms with E-state index in [1.54, 1.807) is 0 Å². The van der Waals surface area contributed by atoms with E-state index in [0.717, 1.165) is 66.9 Å². The molecule has 3 nitrogen and oxygen atoms in total. The maximum absolute atomic E-state index is 6.42. The largest absolute Gasteiger partial charge is 0.456 e. The monoisotopic (exact) mass is 778 g/mol. The van der Waals surface area contributed by atoms with E-state index in [4.69, 9.17) is 4.42 Å². The number of nitrogens with zero attached hydrogens (tertiary/aromatic N) is 2. The Morgan fingerprint density at radius 2 is 0.902 bits per heavy atom. The molecule has 0 bridgehead atoms. The molecular formula is C58H38N2O. The highest BCUT2D eigenvalue weighted by Gasteiger charge is 2.20. The number of benzene rings is 10. The molecule has 0 N–H and O–H groups in total. The highest BCUT2D eigenvalue weighted by Crippen LogP contribution is 2.44. The topological polar surface area (TPSA) is 21.3 Å². The molecule has 0 radical (unpaired) electrons. The van der Waals surface area contributed by atoms with E-state index in [1.165, 1.54) is 43.7 Å². The molecule has 0 amide bonds. The summed E-state index contributed by atoms with van der Waals surface area (Å²) >= 11 is 0. The van der Waals surface area contributed by atoms with Gasteiger partial charge in [-0.2, -0.15) is 0 Å². The lowest BCUT2D eigenvalue weighted by Gasteiger charge is -2.29. The molecule has 0 saturated heterocycles. The second-order valence-corrected chi connectivity index (χ2v) is 15.7. The van der Waals surface area contributed by atoms with Crippen molar-refractivity contribution in [2.45, 2.75) is 0 Å². The summed E-state index contributed by atoms with van der Waals surface area (Å²) in [4.78, 5) is 2.41. The molecule has 0 unspecified atom stereocenters. The lowest BCUT2D eigenvalue weighted by atomic mass is 9.96. The smallest absolute Gasteiger partial charge is 0.136 e. The van der Waals surface area contributed by atoms with Gasteiger partial charge < -0.3 is 13.9 Å². The molecule has 10 aromatic carbocycles. The summed E-state index contributed by atoms with van der Waals surface area (Å²) in [6.07, 6.45) is 0. The fourth-order valence-electron chi connectivity index (χ4n) is 9.35. The van der Waals surface area contributed by atoms with Crippen LogP contribution in [0.4, 0.5) is 17.1 Å². The van der Waals surface area contributed by atoms with E-state index in [0.29, 0.717) is 0 Å². The standard InChI is InChI=1S/C58H38N2O/c1-2-20-47-40(14-1)15-12-25-48(47)41-32-30-39(31-33-41)42-16-11-17-44(36-42)59(45-18-13-19-46(38-45)60-55-27-8-4-22-50(55)51-23-5-9-28-56(51)60)54-26-7-3-21-49(54)43-34-35-53-52-24-6-10-29-57(52)61-58(53)37-43/h1-38H. The Morgan fingerprint density at radius 3 is 1.72 bits per heavy atom. The predicted octanol–water partition coefficient (Wildman–Crippen LogP) is 16.3. The Labute approximate surface area is 353 Å². The molecule has 0 aliphatic heterocycles. The van der Waals surface area contributed by atoms with Crippen molar-refractivity contribution in [1.29, 1.82) is 0 Å². The van der Waals surface area contributed by atoms with E-state index < -0.39 is 0 Å². The zero-order chi connectivity index (χ0) is 40.3. The molecule has 0 fully saturated rings. The average Bonchev–Trinajstić information content (AvgIpc) is 3.87. The summed E-state index contributed by atoms with van der Waals surface area (Å²) in [6, 6.07) is 83.0. The van der Waals surface area contributed by atoms with E-state index >= 15 is 0 Å². The van der Waals surface area contributed by atoms with Crippen LogP contribution in [0.25, 0.3) is 93.6 Å². The van der Waals surface area contributed by atoms with E-state index in [1.807, 2.05) is 12.1 Å². The SMILES string of the molecule is c1cc(-c2ccc(-c3cccc4ccccc34)cc2)cc(N(c2cccc(-n3c4ccccc4c4ccccc43)c2)c2ccccc2-c2ccc3c(c2)oc2ccccc23)c1. The van der Waals surface area contributed by atoms with Crippen LogP contribution in [0, 0.1) is 0 Å². The first kappa shape index (κ1) is 34.9. The predicted molar refractivity (Wildman–Crippen MR) is 257 cm³/mol. The highest BCUT2D eigenvalue weighted by molar-refractivity contribution is 6.10. The third kappa shape index (κ3) is 5.90. The molecule has 0 atom stereocenters. The number of rotatable bonds is 7. The van der Waals surface area contributed by atoms with Gasteiger partial charge in [-0.1, -0.05) is 164 Å². The van der Waals surface area contributed by atoms with Crippen LogP contribution in [0.2, 0.25) is 0 Å². The van der Waals surface area contributed by atoms with Gasteiger partial charge >= 0.3 is 0 Å². The molecule has 0 saturated carbocycles. The van der Waals surface area contributed by atoms with Gasteiger partial charge in [-0.3, -0.25) is 0 Å². The zero-order valence-electron chi connectivity index (χ0n) is 33.2. The van der Waals surface area contributed by atoms with Crippen molar-refractivity contribution in [3.8, 4) is 39.1 Å². The summed E-state index contributed by atoms with van der Waals surface area (Å²) in [7, 11) is 0. The second kappa shape index (κ2) is 14.3. The van der Waals surface area contributed by atoms with Crippen LogP contribution < -0.4 is 4.90 Å². The van der Waals surface area contributed by atoms with Crippen LogP contribution in [-0.4, -0.2) is 4.57 Å². The summed E-state index contributed by atoms with van der Waals surface area (Å²) in [5.74, 6) is 0. The van der Waals surface area contributed by atoms with Crippen molar-refractivity contribution in [2.75, 3.05) is 4.90 Å². The number of hydrogen-bond donors (Lipinski definition) is 0. The van der Waals surface area contributed by atoms with Gasteiger partial charge in [0.1, 0.15) is 11.2 Å². The van der Waals surface area contributed by atoms with Crippen molar-refractivity contribution in [3.05, 3.63) is 231 Å². The summed E-state index contributed by atoms with van der Waals surface area (Å²) < 4.78 is 8.81. The van der Waals surface area contributed by atoms with Crippen molar-refractivity contribution >= 4 is 71.6 Å². The third-order valence-corrected chi connectivity index (χ3v) is 12.2. The normalized spacial score (nSPS) is 11.6. The molecule has 12 aromatic rings. The Bertz CT molecular complexity index is 3550. The van der Waals surface area contributed by atoms with Gasteiger partial charge in [-0.05, 0) is 105 Å². The number of furan rings is 1. The number of aromatic nitrogens is 1. The van der Waals surface area contributed by atoms with Gasteiger partial charge in [0.25, 0.3) is 0 Å². The molecule has 286 valence electrons. The van der Waals surface area contributed by atoms with Crippen LogP contribution in [0.5, 0.6) is 0 Å². The molecule has 0 spiro atoms. The van der Waals surface area contributed by atoms with Crippen LogP contribution in [0.1, 0.15) is 0 Å². The van der Waals surface area contributed by atoms with Gasteiger partial charge in [-0.15, -0.1) is 0 Å². The van der Waals surface area contributed by atoms with E-state index in [-0.39, 0.29) is 0 Å². The maximum atomic E-state index is 6.42. The highest BCUT2D eigenvalue weighted by atomic mass is 16.3. The third-order valence-electron chi connectivity index (χ3n) is 12.2. The fourth-order valence-corrected chi connectivity index (χ4v) is 9.35. The van der Waals surface area contributed by atoms with Gasteiger partial charge in [0.2, 0.25) is 0 Å². The van der Waals surface area contributed by atoms with Gasteiger partial charge in [0.15, 0.2) is 0 Å². The average molecular weight is 779 g/mol. The van der Waals surface area contributed by atoms with Crippen molar-refractivity contribution < 1.29 is 4.42 Å². The molecule has 12 rings (SSSR count). The molecule has 0 aliphatic rings.